The van der Waals surface area contributed by atoms with Gasteiger partial charge < -0.3 is 14.7 Å². The van der Waals surface area contributed by atoms with Crippen molar-refractivity contribution in [3.63, 3.8) is 0 Å². The van der Waals surface area contributed by atoms with E-state index in [0.29, 0.717) is 25.3 Å². The molecule has 1 saturated heterocycles. The van der Waals surface area contributed by atoms with Crippen LogP contribution in [0.2, 0.25) is 0 Å². The Labute approximate surface area is 99.8 Å². The highest BCUT2D eigenvalue weighted by atomic mass is 16.5. The summed E-state index contributed by atoms with van der Waals surface area (Å²) in [4.78, 5) is 0. The summed E-state index contributed by atoms with van der Waals surface area (Å²) in [6.07, 6.45) is 2.35. The second kappa shape index (κ2) is 4.04. The molecule has 0 saturated carbocycles. The van der Waals surface area contributed by atoms with Crippen molar-refractivity contribution >= 4 is 5.71 Å². The van der Waals surface area contributed by atoms with Crippen LogP contribution in [0.15, 0.2) is 29.4 Å². The molecular formula is C13H15NO3. The van der Waals surface area contributed by atoms with E-state index in [-0.39, 0.29) is 5.60 Å². The smallest absolute Gasteiger partial charge is 0.129 e. The van der Waals surface area contributed by atoms with E-state index in [2.05, 4.69) is 5.16 Å². The van der Waals surface area contributed by atoms with Gasteiger partial charge in [0.1, 0.15) is 11.4 Å². The minimum atomic E-state index is -0.242. The summed E-state index contributed by atoms with van der Waals surface area (Å²) in [6, 6.07) is 7.72. The average molecular weight is 233 g/mol. The molecule has 1 aromatic rings. The fourth-order valence-corrected chi connectivity index (χ4v) is 2.58. The summed E-state index contributed by atoms with van der Waals surface area (Å²) >= 11 is 0. The maximum Gasteiger partial charge on any atom is 0.129 e. The van der Waals surface area contributed by atoms with Crippen LogP contribution in [0.5, 0.6) is 5.75 Å². The van der Waals surface area contributed by atoms with Gasteiger partial charge in [-0.3, -0.25) is 0 Å². The molecule has 1 spiro atoms. The van der Waals surface area contributed by atoms with E-state index in [1.54, 1.807) is 0 Å². The number of para-hydroxylation sites is 1. The number of rotatable bonds is 0. The first-order valence-corrected chi connectivity index (χ1v) is 5.90. The molecular weight excluding hydrogens is 218 g/mol. The number of oxime groups is 1. The molecule has 4 nitrogen and oxygen atoms in total. The lowest BCUT2D eigenvalue weighted by molar-refractivity contribution is -0.0445. The van der Waals surface area contributed by atoms with Gasteiger partial charge in [0, 0.05) is 24.8 Å². The molecule has 0 aliphatic carbocycles. The fraction of sp³-hybridized carbons (Fsp3) is 0.462. The highest BCUT2D eigenvalue weighted by Crippen LogP contribution is 2.38. The molecule has 1 N–H and O–H groups in total. The highest BCUT2D eigenvalue weighted by molar-refractivity contribution is 6.04. The Balaban J connectivity index is 2.00. The van der Waals surface area contributed by atoms with E-state index >= 15 is 0 Å². The molecule has 2 aliphatic rings. The van der Waals surface area contributed by atoms with Crippen molar-refractivity contribution in [2.75, 3.05) is 13.2 Å². The zero-order chi connectivity index (χ0) is 11.7. The Morgan fingerprint density at radius 3 is 2.71 bits per heavy atom. The van der Waals surface area contributed by atoms with Crippen molar-refractivity contribution in [2.24, 2.45) is 5.16 Å². The van der Waals surface area contributed by atoms with Crippen LogP contribution in [0.1, 0.15) is 24.8 Å². The van der Waals surface area contributed by atoms with Crippen LogP contribution < -0.4 is 4.74 Å². The normalized spacial score (nSPS) is 24.4. The van der Waals surface area contributed by atoms with E-state index in [1.165, 1.54) is 0 Å². The van der Waals surface area contributed by atoms with Gasteiger partial charge in [-0.05, 0) is 12.1 Å². The summed E-state index contributed by atoms with van der Waals surface area (Å²) in [5.74, 6) is 0.813. The quantitative estimate of drug-likeness (QED) is 0.552. The first-order valence-electron chi connectivity index (χ1n) is 5.90. The fourth-order valence-electron chi connectivity index (χ4n) is 2.58. The van der Waals surface area contributed by atoms with Crippen LogP contribution in [0.3, 0.4) is 0 Å². The van der Waals surface area contributed by atoms with Crippen LogP contribution in [0.4, 0.5) is 0 Å². The van der Waals surface area contributed by atoms with Crippen molar-refractivity contribution < 1.29 is 14.7 Å². The summed E-state index contributed by atoms with van der Waals surface area (Å²) in [7, 11) is 0. The van der Waals surface area contributed by atoms with Gasteiger partial charge >= 0.3 is 0 Å². The summed E-state index contributed by atoms with van der Waals surface area (Å²) in [5, 5.41) is 12.6. The Hall–Kier alpha value is -1.55. The van der Waals surface area contributed by atoms with Crippen molar-refractivity contribution in [3.8, 4) is 5.75 Å². The van der Waals surface area contributed by atoms with Crippen molar-refractivity contribution in [1.82, 2.24) is 0 Å². The standard InChI is InChI=1S/C13H15NO3/c15-14-11-9-13(5-7-16-8-6-13)17-12-4-2-1-3-10(11)12/h1-4,15H,5-9H2. The summed E-state index contributed by atoms with van der Waals surface area (Å²) in [6.45, 7) is 1.42. The SMILES string of the molecule is ON=C1CC2(CCOCC2)Oc2ccccc21. The van der Waals surface area contributed by atoms with Gasteiger partial charge in [0.05, 0.1) is 18.9 Å². The lowest BCUT2D eigenvalue weighted by Gasteiger charge is -2.41. The van der Waals surface area contributed by atoms with Crippen LogP contribution in [-0.2, 0) is 4.74 Å². The highest BCUT2D eigenvalue weighted by Gasteiger charge is 2.40. The molecule has 0 bridgehead atoms. The number of fused-ring (bicyclic) bond motifs is 1. The lowest BCUT2D eigenvalue weighted by atomic mass is 9.84. The van der Waals surface area contributed by atoms with Gasteiger partial charge in [-0.1, -0.05) is 17.3 Å². The third kappa shape index (κ3) is 1.78. The molecule has 17 heavy (non-hydrogen) atoms. The van der Waals surface area contributed by atoms with Gasteiger partial charge in [-0.15, -0.1) is 0 Å². The first-order chi connectivity index (χ1) is 8.33. The van der Waals surface area contributed by atoms with Crippen molar-refractivity contribution in [3.05, 3.63) is 29.8 Å². The first kappa shape index (κ1) is 10.6. The summed E-state index contributed by atoms with van der Waals surface area (Å²) in [5.41, 5.74) is 1.37. The Bertz CT molecular complexity index is 450. The molecule has 0 radical (unpaired) electrons. The number of benzene rings is 1. The largest absolute Gasteiger partial charge is 0.486 e. The third-order valence-electron chi connectivity index (χ3n) is 3.54. The monoisotopic (exact) mass is 233 g/mol. The number of hydrogen-bond donors (Lipinski definition) is 1. The van der Waals surface area contributed by atoms with Crippen LogP contribution in [0, 0.1) is 0 Å². The van der Waals surface area contributed by atoms with E-state index in [0.717, 1.165) is 24.2 Å². The zero-order valence-electron chi connectivity index (χ0n) is 9.56. The average Bonchev–Trinajstić information content (AvgIpc) is 2.38. The van der Waals surface area contributed by atoms with Crippen molar-refractivity contribution in [1.29, 1.82) is 0 Å². The Morgan fingerprint density at radius 2 is 1.94 bits per heavy atom. The molecule has 1 aromatic carbocycles. The second-order valence-corrected chi connectivity index (χ2v) is 4.62. The van der Waals surface area contributed by atoms with Gasteiger partial charge in [-0.25, -0.2) is 0 Å². The van der Waals surface area contributed by atoms with Crippen LogP contribution in [0.25, 0.3) is 0 Å². The maximum atomic E-state index is 9.15. The zero-order valence-corrected chi connectivity index (χ0v) is 9.56. The van der Waals surface area contributed by atoms with Crippen LogP contribution >= 0.6 is 0 Å². The molecule has 1 fully saturated rings. The molecule has 2 aliphatic heterocycles. The van der Waals surface area contributed by atoms with Gasteiger partial charge in [0.25, 0.3) is 0 Å². The number of nitrogens with zero attached hydrogens (tertiary/aromatic N) is 1. The second-order valence-electron chi connectivity index (χ2n) is 4.62. The topological polar surface area (TPSA) is 51.1 Å². The van der Waals surface area contributed by atoms with Gasteiger partial charge in [0.15, 0.2) is 0 Å². The predicted octanol–water partition coefficient (Wildman–Crippen LogP) is 2.20. The molecule has 2 heterocycles. The molecule has 4 heteroatoms. The summed E-state index contributed by atoms with van der Waals surface area (Å²) < 4.78 is 11.5. The predicted molar refractivity (Wildman–Crippen MR) is 62.8 cm³/mol. The lowest BCUT2D eigenvalue weighted by Crippen LogP contribution is -2.46. The molecule has 0 unspecified atom stereocenters. The molecule has 90 valence electrons. The Morgan fingerprint density at radius 1 is 1.18 bits per heavy atom. The molecule has 3 rings (SSSR count). The van der Waals surface area contributed by atoms with Crippen LogP contribution in [-0.4, -0.2) is 29.7 Å². The molecule has 0 amide bonds. The number of ether oxygens (including phenoxy) is 2. The van der Waals surface area contributed by atoms with Gasteiger partial charge in [0.2, 0.25) is 0 Å². The minimum absolute atomic E-state index is 0.242. The molecule has 0 aromatic heterocycles. The van der Waals surface area contributed by atoms with Crippen molar-refractivity contribution in [2.45, 2.75) is 24.9 Å². The minimum Gasteiger partial charge on any atom is -0.486 e. The van der Waals surface area contributed by atoms with E-state index in [1.807, 2.05) is 24.3 Å². The number of hydrogen-bond acceptors (Lipinski definition) is 4. The maximum absolute atomic E-state index is 9.15. The van der Waals surface area contributed by atoms with Gasteiger partial charge in [-0.2, -0.15) is 0 Å². The third-order valence-corrected chi connectivity index (χ3v) is 3.54. The molecule has 0 atom stereocenters. The van der Waals surface area contributed by atoms with E-state index in [4.69, 9.17) is 14.7 Å². The Kier molecular flexibility index (Phi) is 2.52. The van der Waals surface area contributed by atoms with E-state index < -0.39 is 0 Å². The van der Waals surface area contributed by atoms with E-state index in [9.17, 15) is 0 Å².